The van der Waals surface area contributed by atoms with E-state index in [1.165, 1.54) is 6.20 Å². The number of rotatable bonds is 9. The zero-order chi connectivity index (χ0) is 33.5. The normalized spacial score (nSPS) is 18.0. The minimum Gasteiger partial charge on any atom is -0.477 e. The molecule has 12 nitrogen and oxygen atoms in total. The molecule has 48 heavy (non-hydrogen) atoms. The first-order valence-electron chi connectivity index (χ1n) is 15.5. The molecule has 4 aromatic heterocycles. The van der Waals surface area contributed by atoms with E-state index in [0.717, 1.165) is 24.6 Å². The number of carbonyl (C=O) groups is 1. The number of hydrogen-bond donors (Lipinski definition) is 1. The number of carboxylic acids is 1. The van der Waals surface area contributed by atoms with Crippen molar-refractivity contribution in [2.24, 2.45) is 0 Å². The monoisotopic (exact) mass is 686 g/mol. The summed E-state index contributed by atoms with van der Waals surface area (Å²) in [7, 11) is 4.12. The van der Waals surface area contributed by atoms with Gasteiger partial charge >= 0.3 is 5.97 Å². The molecule has 0 aliphatic carbocycles. The molecule has 1 unspecified atom stereocenters. The lowest BCUT2D eigenvalue weighted by Gasteiger charge is -2.43. The summed E-state index contributed by atoms with van der Waals surface area (Å²) >= 11 is 13.3. The van der Waals surface area contributed by atoms with Crippen molar-refractivity contribution in [3.8, 4) is 11.6 Å². The van der Waals surface area contributed by atoms with Crippen LogP contribution in [0.15, 0.2) is 78.1 Å². The number of fused-ring (bicyclic) bond motifs is 1. The third-order valence-corrected chi connectivity index (χ3v) is 9.69. The number of aromatic nitrogens is 5. The van der Waals surface area contributed by atoms with E-state index < -0.39 is 11.4 Å². The van der Waals surface area contributed by atoms with Crippen LogP contribution in [0.4, 0.5) is 11.5 Å². The number of benzene rings is 1. The molecule has 2 fully saturated rings. The van der Waals surface area contributed by atoms with Gasteiger partial charge in [0.05, 0.1) is 39.8 Å². The quantitative estimate of drug-likeness (QED) is 0.230. The summed E-state index contributed by atoms with van der Waals surface area (Å²) in [5.41, 5.74) is 1.61. The molecule has 2 aliphatic heterocycles. The summed E-state index contributed by atoms with van der Waals surface area (Å²) in [5.74, 6) is -0.159. The van der Waals surface area contributed by atoms with E-state index in [4.69, 9.17) is 27.9 Å². The molecular formula is C34H32Cl2N8O4. The average molecular weight is 688 g/mol. The van der Waals surface area contributed by atoms with Gasteiger partial charge in [-0.1, -0.05) is 23.2 Å². The molecule has 0 spiro atoms. The van der Waals surface area contributed by atoms with Crippen molar-refractivity contribution in [1.29, 1.82) is 0 Å². The van der Waals surface area contributed by atoms with E-state index in [1.54, 1.807) is 41.4 Å². The molecule has 1 N–H and O–H groups in total. The number of ether oxygens (including phenoxy) is 1. The first-order chi connectivity index (χ1) is 23.2. The lowest BCUT2D eigenvalue weighted by atomic mass is 10.0. The first-order valence-corrected chi connectivity index (χ1v) is 16.2. The Morgan fingerprint density at radius 3 is 2.54 bits per heavy atom. The van der Waals surface area contributed by atoms with Crippen molar-refractivity contribution >= 4 is 51.6 Å². The fraction of sp³-hybridized carbons (Fsp3) is 0.294. The van der Waals surface area contributed by atoms with Gasteiger partial charge in [0, 0.05) is 55.6 Å². The van der Waals surface area contributed by atoms with Crippen molar-refractivity contribution < 1.29 is 14.6 Å². The van der Waals surface area contributed by atoms with Crippen LogP contribution in [-0.4, -0.2) is 93.1 Å². The van der Waals surface area contributed by atoms with Crippen molar-refractivity contribution in [3.05, 3.63) is 105 Å². The molecule has 246 valence electrons. The molecule has 14 heteroatoms. The maximum absolute atomic E-state index is 13.5. The van der Waals surface area contributed by atoms with Crippen LogP contribution >= 0.6 is 23.2 Å². The minimum absolute atomic E-state index is 0.0141. The standard InChI is InChI=1S/C34H32Cl2N8O4/c1-41(2)23-16-42(17-23)31-8-7-21(14-38-31)44-18-25(34(46)47)32(45)24-12-27(36)30(13-29(24)44)43-15-20(28-6-4-10-39-40-28)11-22(43)19-48-33-26(35)5-3-9-37-33/h3-10,12-14,18,20,22-23H,11,15-17,19H2,1-2H3,(H,46,47)/t20?,22-/m1/s1. The SMILES string of the molecule is CN(C)C1CN(c2ccc(-n3cc(C(=O)O)c(=O)c4cc(Cl)c(N5CC(c6cccnn6)C[C@@H]5COc5ncccc5Cl)cc43)cn2)C1. The van der Waals surface area contributed by atoms with Gasteiger partial charge in [-0.05, 0) is 69.0 Å². The minimum atomic E-state index is -1.33. The maximum atomic E-state index is 13.5. The highest BCUT2D eigenvalue weighted by Gasteiger charge is 2.36. The van der Waals surface area contributed by atoms with Gasteiger partial charge in [-0.25, -0.2) is 14.8 Å². The molecular weight excluding hydrogens is 655 g/mol. The van der Waals surface area contributed by atoms with Crippen molar-refractivity contribution in [1.82, 2.24) is 29.6 Å². The number of likely N-dealkylation sites (N-methyl/N-ethyl adjacent to an activating group) is 1. The molecule has 0 bridgehead atoms. The van der Waals surface area contributed by atoms with Crippen LogP contribution in [0, 0.1) is 0 Å². The van der Waals surface area contributed by atoms with Crippen LogP contribution in [0.3, 0.4) is 0 Å². The molecule has 5 aromatic rings. The van der Waals surface area contributed by atoms with Gasteiger partial charge in [0.15, 0.2) is 0 Å². The fourth-order valence-electron chi connectivity index (χ4n) is 6.36. The molecule has 0 saturated carbocycles. The van der Waals surface area contributed by atoms with E-state index in [2.05, 4.69) is 49.0 Å². The number of nitrogens with zero attached hydrogens (tertiary/aromatic N) is 8. The molecule has 0 amide bonds. The van der Waals surface area contributed by atoms with Crippen molar-refractivity contribution in [2.45, 2.75) is 24.4 Å². The van der Waals surface area contributed by atoms with Crippen molar-refractivity contribution in [2.75, 3.05) is 50.1 Å². The molecule has 2 aliphatic rings. The van der Waals surface area contributed by atoms with Gasteiger partial charge in [0.2, 0.25) is 11.3 Å². The average Bonchev–Trinajstić information content (AvgIpc) is 3.48. The largest absolute Gasteiger partial charge is 0.477 e. The number of carboxylic acid groups (broad SMARTS) is 1. The summed E-state index contributed by atoms with van der Waals surface area (Å²) in [6.45, 7) is 2.54. The zero-order valence-corrected chi connectivity index (χ0v) is 27.7. The Kier molecular flexibility index (Phi) is 8.63. The molecule has 6 heterocycles. The van der Waals surface area contributed by atoms with E-state index in [0.29, 0.717) is 51.8 Å². The predicted octanol–water partition coefficient (Wildman–Crippen LogP) is 4.77. The van der Waals surface area contributed by atoms with E-state index in [1.807, 2.05) is 30.3 Å². The van der Waals surface area contributed by atoms with E-state index >= 15 is 0 Å². The van der Waals surface area contributed by atoms with Crippen LogP contribution in [0.1, 0.15) is 28.4 Å². The smallest absolute Gasteiger partial charge is 0.341 e. The molecule has 2 saturated heterocycles. The third-order valence-electron chi connectivity index (χ3n) is 9.10. The fourth-order valence-corrected chi connectivity index (χ4v) is 6.81. The Morgan fingerprint density at radius 2 is 1.85 bits per heavy atom. The van der Waals surface area contributed by atoms with Crippen LogP contribution in [-0.2, 0) is 0 Å². The molecule has 2 atom stereocenters. The summed E-state index contributed by atoms with van der Waals surface area (Å²) in [6, 6.07) is 14.7. The van der Waals surface area contributed by atoms with Crippen LogP contribution < -0.4 is 20.0 Å². The predicted molar refractivity (Wildman–Crippen MR) is 184 cm³/mol. The van der Waals surface area contributed by atoms with E-state index in [9.17, 15) is 14.7 Å². The highest BCUT2D eigenvalue weighted by molar-refractivity contribution is 6.34. The Bertz CT molecular complexity index is 2040. The number of hydrogen-bond acceptors (Lipinski definition) is 10. The summed E-state index contributed by atoms with van der Waals surface area (Å²) in [6.07, 6.45) is 6.97. The number of pyridine rings is 3. The second kappa shape index (κ2) is 13.0. The summed E-state index contributed by atoms with van der Waals surface area (Å²) < 4.78 is 7.79. The number of halogens is 2. The van der Waals surface area contributed by atoms with Gasteiger partial charge in [-0.15, -0.1) is 0 Å². The summed E-state index contributed by atoms with van der Waals surface area (Å²) in [5, 5.41) is 19.3. The van der Waals surface area contributed by atoms with Gasteiger partial charge in [0.25, 0.3) is 0 Å². The van der Waals surface area contributed by atoms with Crippen LogP contribution in [0.25, 0.3) is 16.6 Å². The van der Waals surface area contributed by atoms with Crippen LogP contribution in [0.5, 0.6) is 5.88 Å². The highest BCUT2D eigenvalue weighted by atomic mass is 35.5. The van der Waals surface area contributed by atoms with Gasteiger partial charge in [-0.3, -0.25) is 4.79 Å². The Morgan fingerprint density at radius 1 is 1.04 bits per heavy atom. The Balaban J connectivity index is 1.29. The van der Waals surface area contributed by atoms with E-state index in [-0.39, 0.29) is 29.5 Å². The molecule has 7 rings (SSSR count). The third kappa shape index (κ3) is 6.02. The lowest BCUT2D eigenvalue weighted by molar-refractivity contribution is 0.0695. The Hall–Kier alpha value is -4.78. The van der Waals surface area contributed by atoms with Gasteiger partial charge < -0.3 is 29.1 Å². The highest BCUT2D eigenvalue weighted by Crippen LogP contribution is 2.40. The first kappa shape index (κ1) is 31.8. The van der Waals surface area contributed by atoms with Gasteiger partial charge in [-0.2, -0.15) is 10.2 Å². The second-order valence-corrected chi connectivity index (χ2v) is 13.1. The maximum Gasteiger partial charge on any atom is 0.341 e. The topological polar surface area (TPSA) is 130 Å². The van der Waals surface area contributed by atoms with Crippen LogP contribution in [0.2, 0.25) is 10.0 Å². The molecule has 1 aromatic carbocycles. The Labute approximate surface area is 286 Å². The number of anilines is 2. The molecule has 0 radical (unpaired) electrons. The summed E-state index contributed by atoms with van der Waals surface area (Å²) in [4.78, 5) is 41.1. The number of aromatic carboxylic acids is 1. The lowest BCUT2D eigenvalue weighted by Crippen LogP contribution is -2.57. The van der Waals surface area contributed by atoms with Gasteiger partial charge in [0.1, 0.15) is 23.0 Å². The second-order valence-electron chi connectivity index (χ2n) is 12.3. The van der Waals surface area contributed by atoms with Crippen molar-refractivity contribution in [3.63, 3.8) is 0 Å². The zero-order valence-electron chi connectivity index (χ0n) is 26.2.